The molecule has 330 valence electrons. The molecule has 0 atom stereocenters. The molecule has 11 aromatic rings. The second-order valence-corrected chi connectivity index (χ2v) is 20.5. The minimum atomic E-state index is 0.843. The Bertz CT molecular complexity index is 3040. The number of methoxy groups -OCH3 is 4. The number of fused-ring (bicyclic) bond motifs is 2. The van der Waals surface area contributed by atoms with Gasteiger partial charge in [0.25, 0.3) is 0 Å². The van der Waals surface area contributed by atoms with Crippen molar-refractivity contribution in [2.45, 2.75) is 0 Å². The fraction of sp³-hybridized carbons (Fsp3) is 0.0667. The highest BCUT2D eigenvalue weighted by Crippen LogP contribution is 2.52. The Morgan fingerprint density at radius 2 is 0.485 bits per heavy atom. The van der Waals surface area contributed by atoms with Crippen LogP contribution in [0.4, 0.5) is 0 Å². The summed E-state index contributed by atoms with van der Waals surface area (Å²) in [5.41, 5.74) is 7.08. The SMILES string of the molecule is COc1ccc(-c2ccc([C+](c3ccc(-c4ccc(OC)cc4)s3)c3c4ccccc4c([C+](c4ccc(-c5ccc(OC)cc5)s4)c4ccc(-c5ccc(OC)cc5)s4)c4ccccc34)s2)cc1. The molecular weight excluding hydrogens is 913 g/mol. The normalized spacial score (nSPS) is 11.2. The predicted octanol–water partition coefficient (Wildman–Crippen LogP) is 17.0. The number of hydrogen-bond acceptors (Lipinski definition) is 8. The van der Waals surface area contributed by atoms with E-state index >= 15 is 0 Å². The van der Waals surface area contributed by atoms with E-state index in [0.29, 0.717) is 0 Å². The first-order valence-electron chi connectivity index (χ1n) is 22.2. The van der Waals surface area contributed by atoms with Gasteiger partial charge in [0, 0.05) is 43.8 Å². The van der Waals surface area contributed by atoms with Crippen molar-refractivity contribution in [2.24, 2.45) is 0 Å². The van der Waals surface area contributed by atoms with Gasteiger partial charge in [0.05, 0.1) is 61.8 Å². The van der Waals surface area contributed by atoms with Crippen LogP contribution in [0.2, 0.25) is 0 Å². The molecule has 0 unspecified atom stereocenters. The first kappa shape index (κ1) is 43.4. The van der Waals surface area contributed by atoms with Crippen LogP contribution in [0.15, 0.2) is 194 Å². The molecule has 0 radical (unpaired) electrons. The van der Waals surface area contributed by atoms with Crippen molar-refractivity contribution in [3.05, 3.63) is 237 Å². The van der Waals surface area contributed by atoms with Crippen molar-refractivity contribution in [1.29, 1.82) is 0 Å². The van der Waals surface area contributed by atoms with Crippen molar-refractivity contribution in [2.75, 3.05) is 28.4 Å². The first-order valence-corrected chi connectivity index (χ1v) is 25.4. The van der Waals surface area contributed by atoms with Gasteiger partial charge in [0.15, 0.2) is 0 Å². The summed E-state index contributed by atoms with van der Waals surface area (Å²) in [7, 11) is 6.84. The summed E-state index contributed by atoms with van der Waals surface area (Å²) in [6.45, 7) is 0. The number of ether oxygens (including phenoxy) is 4. The third-order valence-corrected chi connectivity index (χ3v) is 16.9. The molecule has 0 amide bonds. The van der Waals surface area contributed by atoms with E-state index in [4.69, 9.17) is 18.9 Å². The standard InChI is InChI=1S/C60H44O4S4/c1-61-41-21-13-37(14-22-41)49-29-33-53(65-49)59(54-34-30-50(66-54)38-15-23-42(62-2)24-16-38)57-45-9-5-7-11-47(45)58(48-12-8-6-10-46(48)57)60(55-35-31-51(67-55)39-17-25-43(63-3)26-18-39)56-36-32-52(68-56)40-19-27-44(64-4)28-20-40/h5-36H,1-4H3/q+2. The number of thiophene rings is 4. The zero-order valence-corrected chi connectivity index (χ0v) is 41.0. The van der Waals surface area contributed by atoms with E-state index < -0.39 is 0 Å². The molecule has 7 aromatic carbocycles. The molecule has 11 rings (SSSR count). The summed E-state index contributed by atoms with van der Waals surface area (Å²) in [5, 5.41) is 4.80. The van der Waals surface area contributed by atoms with Gasteiger partial charge >= 0.3 is 0 Å². The van der Waals surface area contributed by atoms with Crippen LogP contribution in [0.1, 0.15) is 30.6 Å². The summed E-state index contributed by atoms with van der Waals surface area (Å²) >= 11 is 7.32. The molecule has 0 aliphatic heterocycles. The first-order chi connectivity index (χ1) is 33.5. The van der Waals surface area contributed by atoms with E-state index in [1.165, 1.54) is 83.5 Å². The molecule has 0 bridgehead atoms. The zero-order valence-electron chi connectivity index (χ0n) is 37.7. The van der Waals surface area contributed by atoms with Gasteiger partial charge in [-0.15, -0.1) is 45.3 Å². The van der Waals surface area contributed by atoms with Crippen molar-refractivity contribution in [3.63, 3.8) is 0 Å². The summed E-state index contributed by atoms with van der Waals surface area (Å²) in [6.07, 6.45) is 0. The average molecular weight is 957 g/mol. The van der Waals surface area contributed by atoms with Gasteiger partial charge in [0.1, 0.15) is 53.6 Å². The Morgan fingerprint density at radius 3 is 0.691 bits per heavy atom. The van der Waals surface area contributed by atoms with Crippen molar-refractivity contribution in [3.8, 4) is 64.8 Å². The van der Waals surface area contributed by atoms with Crippen LogP contribution in [0, 0.1) is 11.8 Å². The highest BCUT2D eigenvalue weighted by atomic mass is 32.1. The highest BCUT2D eigenvalue weighted by molar-refractivity contribution is 7.18. The van der Waals surface area contributed by atoms with Crippen molar-refractivity contribution < 1.29 is 18.9 Å². The summed E-state index contributed by atoms with van der Waals surface area (Å²) in [6, 6.07) is 69.8. The number of benzene rings is 7. The lowest BCUT2D eigenvalue weighted by atomic mass is 9.80. The molecule has 0 aliphatic carbocycles. The Hall–Kier alpha value is -7.20. The third kappa shape index (κ3) is 8.20. The molecule has 0 N–H and O–H groups in total. The van der Waals surface area contributed by atoms with Crippen molar-refractivity contribution in [1.82, 2.24) is 0 Å². The third-order valence-electron chi connectivity index (χ3n) is 12.3. The molecule has 4 heterocycles. The maximum absolute atomic E-state index is 5.52. The van der Waals surface area contributed by atoms with Gasteiger partial charge in [-0.2, -0.15) is 0 Å². The lowest BCUT2D eigenvalue weighted by Gasteiger charge is -2.17. The Kier molecular flexibility index (Phi) is 12.0. The molecule has 0 saturated heterocycles. The van der Waals surface area contributed by atoms with E-state index in [9.17, 15) is 0 Å². The molecule has 4 nitrogen and oxygen atoms in total. The van der Waals surface area contributed by atoms with Crippen LogP contribution in [-0.2, 0) is 0 Å². The minimum Gasteiger partial charge on any atom is -0.497 e. The Labute approximate surface area is 412 Å². The van der Waals surface area contributed by atoms with Gasteiger partial charge < -0.3 is 18.9 Å². The van der Waals surface area contributed by atoms with E-state index in [1.807, 2.05) is 93.9 Å². The Balaban J connectivity index is 1.13. The monoisotopic (exact) mass is 956 g/mol. The summed E-state index contributed by atoms with van der Waals surface area (Å²) in [5.74, 6) is 5.81. The van der Waals surface area contributed by atoms with Crippen LogP contribution < -0.4 is 18.9 Å². The highest BCUT2D eigenvalue weighted by Gasteiger charge is 2.39. The van der Waals surface area contributed by atoms with Crippen molar-refractivity contribution >= 4 is 66.9 Å². The topological polar surface area (TPSA) is 36.9 Å². The molecule has 0 spiro atoms. The van der Waals surface area contributed by atoms with E-state index in [-0.39, 0.29) is 0 Å². The molecule has 68 heavy (non-hydrogen) atoms. The fourth-order valence-corrected chi connectivity index (χ4v) is 13.4. The maximum atomic E-state index is 5.52. The summed E-state index contributed by atoms with van der Waals surface area (Å²) < 4.78 is 22.1. The van der Waals surface area contributed by atoms with E-state index in [1.54, 1.807) is 28.4 Å². The Morgan fingerprint density at radius 1 is 0.265 bits per heavy atom. The maximum Gasteiger partial charge on any atom is 0.118 e. The smallest absolute Gasteiger partial charge is 0.118 e. The van der Waals surface area contributed by atoms with Gasteiger partial charge in [0.2, 0.25) is 0 Å². The van der Waals surface area contributed by atoms with Gasteiger partial charge in [-0.05, 0) is 168 Å². The van der Waals surface area contributed by atoms with Crippen LogP contribution in [-0.4, -0.2) is 28.4 Å². The zero-order chi connectivity index (χ0) is 46.1. The molecule has 0 aliphatic rings. The van der Waals surface area contributed by atoms with Crippen LogP contribution in [0.5, 0.6) is 23.0 Å². The molecule has 0 saturated carbocycles. The fourth-order valence-electron chi connectivity index (χ4n) is 8.93. The molecule has 8 heteroatoms. The quantitative estimate of drug-likeness (QED) is 0.0804. The van der Waals surface area contributed by atoms with Crippen LogP contribution >= 0.6 is 45.3 Å². The molecule has 4 aromatic heterocycles. The second kappa shape index (κ2) is 18.8. The largest absolute Gasteiger partial charge is 0.497 e. The summed E-state index contributed by atoms with van der Waals surface area (Å²) in [4.78, 5) is 9.61. The van der Waals surface area contributed by atoms with Gasteiger partial charge in [-0.25, -0.2) is 0 Å². The number of rotatable bonds is 14. The van der Waals surface area contributed by atoms with Crippen LogP contribution in [0.25, 0.3) is 63.3 Å². The second-order valence-electron chi connectivity index (χ2n) is 16.2. The molecule has 0 fully saturated rings. The predicted molar refractivity (Wildman–Crippen MR) is 288 cm³/mol. The van der Waals surface area contributed by atoms with Gasteiger partial charge in [-0.3, -0.25) is 0 Å². The van der Waals surface area contributed by atoms with E-state index in [2.05, 4.69) is 146 Å². The minimum absolute atomic E-state index is 0.843. The van der Waals surface area contributed by atoms with Gasteiger partial charge in [-0.1, -0.05) is 24.3 Å². The number of hydrogen-bond donors (Lipinski definition) is 0. The lowest BCUT2D eigenvalue weighted by molar-refractivity contribution is 0.415. The van der Waals surface area contributed by atoms with E-state index in [0.717, 1.165) is 45.3 Å². The average Bonchev–Trinajstić information content (AvgIpc) is 4.27. The molecular formula is C60H44O4S4+2. The van der Waals surface area contributed by atoms with Crippen LogP contribution in [0.3, 0.4) is 0 Å². The lowest BCUT2D eigenvalue weighted by Crippen LogP contribution is -2.08.